The Morgan fingerprint density at radius 3 is 1.72 bits per heavy atom. The molecule has 0 amide bonds. The molecule has 0 fully saturated rings. The summed E-state index contributed by atoms with van der Waals surface area (Å²) in [7, 11) is 0. The largest absolute Gasteiger partial charge is 0.457 e. The van der Waals surface area contributed by atoms with Crippen molar-refractivity contribution in [1.29, 1.82) is 0 Å². The third-order valence-electron chi connectivity index (χ3n) is 8.70. The van der Waals surface area contributed by atoms with Crippen molar-refractivity contribution in [1.82, 2.24) is 24.1 Å². The minimum Gasteiger partial charge on any atom is -0.457 e. The van der Waals surface area contributed by atoms with Crippen molar-refractivity contribution in [2.24, 2.45) is 0 Å². The van der Waals surface area contributed by atoms with E-state index in [1.807, 2.05) is 60.9 Å². The molecule has 216 valence electrons. The molecule has 10 rings (SSSR count). The molecule has 7 nitrogen and oxygen atoms in total. The summed E-state index contributed by atoms with van der Waals surface area (Å²) in [5.74, 6) is 1.47. The molecule has 10 aromatic rings. The normalized spacial score (nSPS) is 11.9. The average molecular weight is 594 g/mol. The molecule has 6 heterocycles. The Morgan fingerprint density at radius 1 is 0.435 bits per heavy atom. The number of fused-ring (bicyclic) bond motifs is 9. The SMILES string of the molecule is c1ccc(-n2c3ccc(Oc4ccc5c(c4)c4ncccc4n5-c4ccc5oc6cccnc6c5c4)cc3c3ncccc32)cc1. The van der Waals surface area contributed by atoms with Gasteiger partial charge >= 0.3 is 0 Å². The highest BCUT2D eigenvalue weighted by molar-refractivity contribution is 6.09. The van der Waals surface area contributed by atoms with E-state index in [9.17, 15) is 0 Å². The topological polar surface area (TPSA) is 70.9 Å². The van der Waals surface area contributed by atoms with Crippen LogP contribution < -0.4 is 4.74 Å². The van der Waals surface area contributed by atoms with Gasteiger partial charge in [0.2, 0.25) is 0 Å². The van der Waals surface area contributed by atoms with Gasteiger partial charge in [0.15, 0.2) is 5.58 Å². The number of hydrogen-bond acceptors (Lipinski definition) is 5. The van der Waals surface area contributed by atoms with Crippen LogP contribution in [0.3, 0.4) is 0 Å². The van der Waals surface area contributed by atoms with Crippen LogP contribution in [0, 0.1) is 0 Å². The van der Waals surface area contributed by atoms with Gasteiger partial charge in [0.1, 0.15) is 22.6 Å². The second kappa shape index (κ2) is 9.51. The lowest BCUT2D eigenvalue weighted by Crippen LogP contribution is -1.94. The summed E-state index contributed by atoms with van der Waals surface area (Å²) in [5.41, 5.74) is 10.6. The second-order valence-electron chi connectivity index (χ2n) is 11.3. The number of pyridine rings is 3. The molecule has 6 aromatic heterocycles. The number of aromatic nitrogens is 5. The summed E-state index contributed by atoms with van der Waals surface area (Å²) in [6, 6.07) is 41.0. The van der Waals surface area contributed by atoms with Gasteiger partial charge in [-0.2, -0.15) is 0 Å². The first-order valence-corrected chi connectivity index (χ1v) is 15.1. The highest BCUT2D eigenvalue weighted by Gasteiger charge is 2.18. The standard InChI is InChI=1S/C39H23N5O2/c1-2-7-24(8-3-1)43-31-15-13-26(22-28(31)37-33(43)9-4-18-40-37)45-27-14-16-32-29(23-27)38-34(10-5-19-41-38)44(32)25-12-17-35-30(21-25)39-36(46-35)11-6-20-42-39/h1-23H. The molecule has 0 spiro atoms. The quantitative estimate of drug-likeness (QED) is 0.203. The van der Waals surface area contributed by atoms with Crippen LogP contribution >= 0.6 is 0 Å². The van der Waals surface area contributed by atoms with E-state index in [1.165, 1.54) is 0 Å². The number of ether oxygens (including phenoxy) is 1. The zero-order valence-corrected chi connectivity index (χ0v) is 24.3. The summed E-state index contributed by atoms with van der Waals surface area (Å²) in [6.45, 7) is 0. The first-order chi connectivity index (χ1) is 22.8. The predicted octanol–water partition coefficient (Wildman–Crippen LogP) is 9.76. The lowest BCUT2D eigenvalue weighted by Gasteiger charge is -2.10. The molecule has 0 N–H and O–H groups in total. The van der Waals surface area contributed by atoms with Crippen LogP contribution in [0.25, 0.3) is 77.3 Å². The Kier molecular flexibility index (Phi) is 5.15. The van der Waals surface area contributed by atoms with Crippen molar-refractivity contribution < 1.29 is 9.15 Å². The maximum absolute atomic E-state index is 6.52. The van der Waals surface area contributed by atoms with Gasteiger partial charge in [0.25, 0.3) is 0 Å². The Labute approximate surface area is 261 Å². The fourth-order valence-electron chi connectivity index (χ4n) is 6.75. The maximum Gasteiger partial charge on any atom is 0.153 e. The van der Waals surface area contributed by atoms with Crippen molar-refractivity contribution in [2.45, 2.75) is 0 Å². The minimum atomic E-state index is 0.733. The Balaban J connectivity index is 1.10. The van der Waals surface area contributed by atoms with E-state index >= 15 is 0 Å². The van der Waals surface area contributed by atoms with Crippen LogP contribution in [-0.2, 0) is 0 Å². The smallest absolute Gasteiger partial charge is 0.153 e. The van der Waals surface area contributed by atoms with Gasteiger partial charge in [0, 0.05) is 46.1 Å². The van der Waals surface area contributed by atoms with E-state index < -0.39 is 0 Å². The zero-order valence-electron chi connectivity index (χ0n) is 24.3. The van der Waals surface area contributed by atoms with Gasteiger partial charge < -0.3 is 18.3 Å². The van der Waals surface area contributed by atoms with Crippen LogP contribution in [0.1, 0.15) is 0 Å². The molecule has 0 aliphatic carbocycles. The van der Waals surface area contributed by atoms with Crippen LogP contribution in [0.5, 0.6) is 11.5 Å². The van der Waals surface area contributed by atoms with Gasteiger partial charge in [-0.15, -0.1) is 0 Å². The summed E-state index contributed by atoms with van der Waals surface area (Å²) < 4.78 is 17.0. The highest BCUT2D eigenvalue weighted by atomic mass is 16.5. The fourth-order valence-corrected chi connectivity index (χ4v) is 6.75. The molecular formula is C39H23N5O2. The third-order valence-corrected chi connectivity index (χ3v) is 8.70. The molecule has 46 heavy (non-hydrogen) atoms. The molecule has 0 bridgehead atoms. The van der Waals surface area contributed by atoms with Gasteiger partial charge in [0.05, 0.1) is 33.1 Å². The highest BCUT2D eigenvalue weighted by Crippen LogP contribution is 2.38. The molecule has 0 aliphatic heterocycles. The summed E-state index contributed by atoms with van der Waals surface area (Å²) in [5, 5.41) is 3.02. The van der Waals surface area contributed by atoms with E-state index in [0.717, 1.165) is 88.8 Å². The van der Waals surface area contributed by atoms with Crippen molar-refractivity contribution in [3.05, 3.63) is 140 Å². The van der Waals surface area contributed by atoms with Crippen LogP contribution in [0.15, 0.2) is 144 Å². The van der Waals surface area contributed by atoms with Gasteiger partial charge in [-0.1, -0.05) is 18.2 Å². The predicted molar refractivity (Wildman–Crippen MR) is 182 cm³/mol. The number of rotatable bonds is 4. The van der Waals surface area contributed by atoms with Gasteiger partial charge in [-0.05, 0) is 103 Å². The molecule has 0 saturated heterocycles. The second-order valence-corrected chi connectivity index (χ2v) is 11.3. The minimum absolute atomic E-state index is 0.733. The fraction of sp³-hybridized carbons (Fsp3) is 0. The zero-order chi connectivity index (χ0) is 30.2. The van der Waals surface area contributed by atoms with Crippen molar-refractivity contribution in [3.8, 4) is 22.9 Å². The summed E-state index contributed by atoms with van der Waals surface area (Å²) in [6.07, 6.45) is 5.47. The van der Waals surface area contributed by atoms with Crippen LogP contribution in [0.2, 0.25) is 0 Å². The molecular weight excluding hydrogens is 570 g/mol. The van der Waals surface area contributed by atoms with Crippen molar-refractivity contribution in [3.63, 3.8) is 0 Å². The summed E-state index contributed by atoms with van der Waals surface area (Å²) >= 11 is 0. The Morgan fingerprint density at radius 2 is 1.04 bits per heavy atom. The van der Waals surface area contributed by atoms with E-state index in [1.54, 1.807) is 6.20 Å². The molecule has 0 aliphatic rings. The lowest BCUT2D eigenvalue weighted by atomic mass is 10.2. The van der Waals surface area contributed by atoms with Crippen LogP contribution in [0.4, 0.5) is 0 Å². The average Bonchev–Trinajstić information content (AvgIpc) is 3.76. The number of para-hydroxylation sites is 1. The molecule has 0 unspecified atom stereocenters. The van der Waals surface area contributed by atoms with E-state index in [2.05, 4.69) is 86.9 Å². The third kappa shape index (κ3) is 3.63. The monoisotopic (exact) mass is 593 g/mol. The number of hydrogen-bond donors (Lipinski definition) is 0. The summed E-state index contributed by atoms with van der Waals surface area (Å²) in [4.78, 5) is 14.1. The lowest BCUT2D eigenvalue weighted by molar-refractivity contribution is 0.484. The van der Waals surface area contributed by atoms with Crippen molar-refractivity contribution in [2.75, 3.05) is 0 Å². The number of benzene rings is 4. The maximum atomic E-state index is 6.52. The number of nitrogens with zero attached hydrogens (tertiary/aromatic N) is 5. The van der Waals surface area contributed by atoms with E-state index in [-0.39, 0.29) is 0 Å². The molecule has 4 aromatic carbocycles. The Hall–Kier alpha value is -6.47. The van der Waals surface area contributed by atoms with E-state index in [0.29, 0.717) is 0 Å². The van der Waals surface area contributed by atoms with Crippen LogP contribution in [-0.4, -0.2) is 24.1 Å². The molecule has 7 heteroatoms. The van der Waals surface area contributed by atoms with Crippen molar-refractivity contribution >= 4 is 65.9 Å². The number of furan rings is 1. The molecule has 0 atom stereocenters. The van der Waals surface area contributed by atoms with Gasteiger partial charge in [-0.3, -0.25) is 15.0 Å². The van der Waals surface area contributed by atoms with E-state index in [4.69, 9.17) is 19.1 Å². The molecule has 0 saturated carbocycles. The Bertz CT molecular complexity index is 2790. The van der Waals surface area contributed by atoms with Gasteiger partial charge in [-0.25, -0.2) is 0 Å². The molecule has 0 radical (unpaired) electrons. The first-order valence-electron chi connectivity index (χ1n) is 15.1. The first kappa shape index (κ1) is 24.9.